The van der Waals surface area contributed by atoms with Gasteiger partial charge in [0, 0.05) is 24.4 Å². The minimum atomic E-state index is -0.313. The molecular formula is C17H21N3O4. The van der Waals surface area contributed by atoms with Crippen LogP contribution in [0.2, 0.25) is 0 Å². The maximum Gasteiger partial charge on any atom is 0.319 e. The van der Waals surface area contributed by atoms with Crippen molar-refractivity contribution in [3.63, 3.8) is 0 Å². The van der Waals surface area contributed by atoms with Crippen molar-refractivity contribution in [2.75, 3.05) is 18.5 Å². The number of nitrogens with zero attached hydrogens (tertiary/aromatic N) is 1. The molecule has 2 amide bonds. The molecule has 1 aromatic carbocycles. The molecule has 0 unspecified atom stereocenters. The van der Waals surface area contributed by atoms with Gasteiger partial charge in [-0.1, -0.05) is 11.2 Å². The van der Waals surface area contributed by atoms with Crippen molar-refractivity contribution < 1.29 is 18.8 Å². The summed E-state index contributed by atoms with van der Waals surface area (Å²) in [5.74, 6) is 1.42. The molecule has 1 atom stereocenters. The smallest absolute Gasteiger partial charge is 0.319 e. The highest BCUT2D eigenvalue weighted by Gasteiger charge is 2.16. The molecule has 0 spiro atoms. The van der Waals surface area contributed by atoms with Crippen LogP contribution < -0.4 is 15.4 Å². The molecule has 0 radical (unpaired) electrons. The summed E-state index contributed by atoms with van der Waals surface area (Å²) in [6.07, 6.45) is 2.28. The number of aryl methyl sites for hydroxylation is 1. The Morgan fingerprint density at radius 1 is 1.42 bits per heavy atom. The maximum absolute atomic E-state index is 11.9. The standard InChI is InChI=1S/C17H21N3O4/c1-12-8-14(20-24-12)10-18-17(21)19-13-4-2-5-15(9-13)23-11-16-6-3-7-22-16/h2,4-5,8-9,16H,3,6-7,10-11H2,1H3,(H2,18,19,21)/t16-/m0/s1. The van der Waals surface area contributed by atoms with Gasteiger partial charge in [0.2, 0.25) is 0 Å². The molecule has 2 N–H and O–H groups in total. The number of carbonyl (C=O) groups is 1. The van der Waals surface area contributed by atoms with Crippen LogP contribution in [0.4, 0.5) is 10.5 Å². The molecule has 2 aromatic rings. The summed E-state index contributed by atoms with van der Waals surface area (Å²) < 4.78 is 16.2. The zero-order valence-electron chi connectivity index (χ0n) is 13.6. The van der Waals surface area contributed by atoms with E-state index in [-0.39, 0.29) is 12.1 Å². The quantitative estimate of drug-likeness (QED) is 0.850. The zero-order valence-corrected chi connectivity index (χ0v) is 13.6. The van der Waals surface area contributed by atoms with Crippen LogP contribution in [0, 0.1) is 6.92 Å². The van der Waals surface area contributed by atoms with Gasteiger partial charge in [-0.05, 0) is 31.9 Å². The van der Waals surface area contributed by atoms with E-state index < -0.39 is 0 Å². The van der Waals surface area contributed by atoms with Gasteiger partial charge in [0.05, 0.1) is 12.6 Å². The molecule has 1 aromatic heterocycles. The molecular weight excluding hydrogens is 310 g/mol. The highest BCUT2D eigenvalue weighted by Crippen LogP contribution is 2.19. The van der Waals surface area contributed by atoms with Crippen LogP contribution in [0.3, 0.4) is 0 Å². The average molecular weight is 331 g/mol. The van der Waals surface area contributed by atoms with Gasteiger partial charge < -0.3 is 24.6 Å². The molecule has 7 heteroatoms. The fraction of sp³-hybridized carbons (Fsp3) is 0.412. The number of aromatic nitrogens is 1. The van der Waals surface area contributed by atoms with Crippen molar-refractivity contribution in [2.45, 2.75) is 32.4 Å². The third-order valence-electron chi connectivity index (χ3n) is 3.66. The van der Waals surface area contributed by atoms with Crippen LogP contribution in [-0.4, -0.2) is 30.5 Å². The number of ether oxygens (including phenoxy) is 2. The van der Waals surface area contributed by atoms with E-state index in [1.54, 1.807) is 25.1 Å². The second-order valence-corrected chi connectivity index (χ2v) is 5.71. The van der Waals surface area contributed by atoms with Gasteiger partial charge >= 0.3 is 6.03 Å². The molecule has 1 aliphatic heterocycles. The lowest BCUT2D eigenvalue weighted by atomic mass is 10.2. The molecule has 0 saturated carbocycles. The first kappa shape index (κ1) is 16.3. The molecule has 1 saturated heterocycles. The summed E-state index contributed by atoms with van der Waals surface area (Å²) >= 11 is 0. The van der Waals surface area contributed by atoms with Crippen LogP contribution >= 0.6 is 0 Å². The lowest BCUT2D eigenvalue weighted by Crippen LogP contribution is -2.28. The van der Waals surface area contributed by atoms with Crippen LogP contribution in [-0.2, 0) is 11.3 Å². The van der Waals surface area contributed by atoms with E-state index in [0.717, 1.165) is 19.4 Å². The SMILES string of the molecule is Cc1cc(CNC(=O)Nc2cccc(OC[C@@H]3CCCO3)c2)no1. The first-order valence-electron chi connectivity index (χ1n) is 8.00. The monoisotopic (exact) mass is 331 g/mol. The van der Waals surface area contributed by atoms with Crippen molar-refractivity contribution >= 4 is 11.7 Å². The van der Waals surface area contributed by atoms with Crippen molar-refractivity contribution in [1.29, 1.82) is 0 Å². The first-order valence-corrected chi connectivity index (χ1v) is 8.00. The summed E-state index contributed by atoms with van der Waals surface area (Å²) in [7, 11) is 0. The Bertz CT molecular complexity index is 680. The number of anilines is 1. The van der Waals surface area contributed by atoms with Crippen molar-refractivity contribution in [2.24, 2.45) is 0 Å². The van der Waals surface area contributed by atoms with E-state index in [1.165, 1.54) is 0 Å². The Hall–Kier alpha value is -2.54. The van der Waals surface area contributed by atoms with Crippen LogP contribution in [0.15, 0.2) is 34.9 Å². The zero-order chi connectivity index (χ0) is 16.8. The number of nitrogens with one attached hydrogen (secondary N) is 2. The number of urea groups is 1. The van der Waals surface area contributed by atoms with E-state index in [4.69, 9.17) is 14.0 Å². The summed E-state index contributed by atoms with van der Waals surface area (Å²) in [4.78, 5) is 11.9. The number of benzene rings is 1. The molecule has 1 aliphatic rings. The number of amides is 2. The van der Waals surface area contributed by atoms with E-state index in [2.05, 4.69) is 15.8 Å². The van der Waals surface area contributed by atoms with Gasteiger partial charge in [0.25, 0.3) is 0 Å². The van der Waals surface area contributed by atoms with E-state index >= 15 is 0 Å². The summed E-state index contributed by atoms with van der Waals surface area (Å²) in [5.41, 5.74) is 1.34. The normalized spacial score (nSPS) is 16.8. The van der Waals surface area contributed by atoms with Crippen molar-refractivity contribution in [1.82, 2.24) is 10.5 Å². The average Bonchev–Trinajstić information content (AvgIpc) is 3.23. The van der Waals surface area contributed by atoms with Gasteiger partial charge in [0.15, 0.2) is 0 Å². The maximum atomic E-state index is 11.9. The Morgan fingerprint density at radius 2 is 2.33 bits per heavy atom. The molecule has 3 rings (SSSR count). The Labute approximate surface area is 140 Å². The van der Waals surface area contributed by atoms with E-state index in [1.807, 2.05) is 12.1 Å². The predicted octanol–water partition coefficient (Wildman–Crippen LogP) is 2.86. The second kappa shape index (κ2) is 7.83. The third kappa shape index (κ3) is 4.73. The van der Waals surface area contributed by atoms with Crippen LogP contribution in [0.1, 0.15) is 24.3 Å². The highest BCUT2D eigenvalue weighted by atomic mass is 16.5. The number of hydrogen-bond acceptors (Lipinski definition) is 5. The van der Waals surface area contributed by atoms with Gasteiger partial charge in [-0.15, -0.1) is 0 Å². The highest BCUT2D eigenvalue weighted by molar-refractivity contribution is 5.89. The largest absolute Gasteiger partial charge is 0.491 e. The predicted molar refractivity (Wildman–Crippen MR) is 88.0 cm³/mol. The van der Waals surface area contributed by atoms with Crippen LogP contribution in [0.25, 0.3) is 0 Å². The fourth-order valence-corrected chi connectivity index (χ4v) is 2.48. The minimum Gasteiger partial charge on any atom is -0.491 e. The fourth-order valence-electron chi connectivity index (χ4n) is 2.48. The number of carbonyl (C=O) groups excluding carboxylic acids is 1. The third-order valence-corrected chi connectivity index (χ3v) is 3.66. The molecule has 0 bridgehead atoms. The van der Waals surface area contributed by atoms with Gasteiger partial charge in [-0.2, -0.15) is 0 Å². The van der Waals surface area contributed by atoms with Crippen molar-refractivity contribution in [3.05, 3.63) is 41.8 Å². The topological polar surface area (TPSA) is 85.6 Å². The lowest BCUT2D eigenvalue weighted by molar-refractivity contribution is 0.0680. The molecule has 24 heavy (non-hydrogen) atoms. The van der Waals surface area contributed by atoms with Crippen LogP contribution in [0.5, 0.6) is 5.75 Å². The molecule has 7 nitrogen and oxygen atoms in total. The second-order valence-electron chi connectivity index (χ2n) is 5.71. The minimum absolute atomic E-state index is 0.163. The van der Waals surface area contributed by atoms with Gasteiger partial charge in [-0.3, -0.25) is 0 Å². The number of hydrogen-bond donors (Lipinski definition) is 2. The molecule has 128 valence electrons. The van der Waals surface area contributed by atoms with Gasteiger partial charge in [0.1, 0.15) is 23.8 Å². The van der Waals surface area contributed by atoms with E-state index in [9.17, 15) is 4.79 Å². The molecule has 0 aliphatic carbocycles. The first-order chi connectivity index (χ1) is 11.7. The van der Waals surface area contributed by atoms with Gasteiger partial charge in [-0.25, -0.2) is 4.79 Å². The molecule has 2 heterocycles. The summed E-state index contributed by atoms with van der Waals surface area (Å²) in [5, 5.41) is 9.31. The Morgan fingerprint density at radius 3 is 3.08 bits per heavy atom. The summed E-state index contributed by atoms with van der Waals surface area (Å²) in [6, 6.07) is 8.75. The Balaban J connectivity index is 1.47. The molecule has 1 fully saturated rings. The summed E-state index contributed by atoms with van der Waals surface area (Å²) in [6.45, 7) is 3.44. The lowest BCUT2D eigenvalue weighted by Gasteiger charge is -2.12. The van der Waals surface area contributed by atoms with E-state index in [0.29, 0.717) is 36.0 Å². The number of rotatable bonds is 6. The Kier molecular flexibility index (Phi) is 5.32. The van der Waals surface area contributed by atoms with Crippen molar-refractivity contribution in [3.8, 4) is 5.75 Å².